The van der Waals surface area contributed by atoms with Crippen LogP contribution in [0, 0.1) is 5.92 Å². The number of carbonyl (C=O) groups excluding carboxylic acids is 1. The highest BCUT2D eigenvalue weighted by molar-refractivity contribution is 9.11. The number of morpholine rings is 1. The number of Topliss-reactive ketones (excluding diaryl/α,β-unsaturated/α-hetero) is 1. The lowest BCUT2D eigenvalue weighted by atomic mass is 9.88. The van der Waals surface area contributed by atoms with Crippen LogP contribution in [-0.4, -0.2) is 86.9 Å². The standard InChI is InChI=1S/C31H39Br2N3O5S/c1-39-29-23(32)20-24(33)30(40-2)27(29)28(37)22-8-11-35(12-9-22)13-14-36-25-7-6-21(19-26(25)42-31(36)38)5-3-4-10-34-15-17-41-18-16-34/h6-7,19-20,22H,3-5,8-18H2,1-2H3. The Morgan fingerprint density at radius 3 is 2.26 bits per heavy atom. The molecule has 2 aliphatic rings. The van der Waals surface area contributed by atoms with Crippen molar-refractivity contribution in [2.24, 2.45) is 5.92 Å². The molecule has 0 saturated carbocycles. The van der Waals surface area contributed by atoms with Crippen LogP contribution >= 0.6 is 43.2 Å². The SMILES string of the molecule is COc1c(Br)cc(Br)c(OC)c1C(=O)C1CCN(CCn2c(=O)sc3cc(CCCCN4CCOCC4)ccc32)CC1. The van der Waals surface area contributed by atoms with Gasteiger partial charge in [0.2, 0.25) is 0 Å². The predicted octanol–water partition coefficient (Wildman–Crippen LogP) is 5.86. The molecule has 0 bridgehead atoms. The second-order valence-corrected chi connectivity index (χ2v) is 13.7. The van der Waals surface area contributed by atoms with Gasteiger partial charge in [-0.15, -0.1) is 0 Å². The van der Waals surface area contributed by atoms with Gasteiger partial charge in [0.05, 0.1) is 46.6 Å². The van der Waals surface area contributed by atoms with Crippen LogP contribution in [0.1, 0.15) is 41.6 Å². The third-order valence-electron chi connectivity index (χ3n) is 8.42. The van der Waals surface area contributed by atoms with E-state index in [1.165, 1.54) is 23.3 Å². The Labute approximate surface area is 268 Å². The van der Waals surface area contributed by atoms with E-state index in [9.17, 15) is 9.59 Å². The van der Waals surface area contributed by atoms with Crippen LogP contribution < -0.4 is 14.3 Å². The number of carbonyl (C=O) groups is 1. The van der Waals surface area contributed by atoms with E-state index in [0.29, 0.717) is 32.6 Å². The van der Waals surface area contributed by atoms with E-state index in [1.807, 2.05) is 10.6 Å². The van der Waals surface area contributed by atoms with Gasteiger partial charge in [-0.2, -0.15) is 0 Å². The number of likely N-dealkylation sites (tertiary alicyclic amines) is 1. The first kappa shape index (κ1) is 31.7. The van der Waals surface area contributed by atoms with Gasteiger partial charge in [0.25, 0.3) is 0 Å². The molecule has 3 aromatic rings. The van der Waals surface area contributed by atoms with Gasteiger partial charge >= 0.3 is 4.87 Å². The van der Waals surface area contributed by atoms with E-state index in [1.54, 1.807) is 14.2 Å². The highest BCUT2D eigenvalue weighted by Gasteiger charge is 2.32. The number of ketones is 1. The summed E-state index contributed by atoms with van der Waals surface area (Å²) >= 11 is 8.37. The number of methoxy groups -OCH3 is 2. The maximum Gasteiger partial charge on any atom is 0.308 e. The Balaban J connectivity index is 1.14. The first-order valence-electron chi connectivity index (χ1n) is 14.7. The molecule has 11 heteroatoms. The van der Waals surface area contributed by atoms with Gasteiger partial charge in [-0.25, -0.2) is 0 Å². The summed E-state index contributed by atoms with van der Waals surface area (Å²) in [6.45, 7) is 7.95. The number of ether oxygens (including phenoxy) is 3. The number of thiazole rings is 1. The summed E-state index contributed by atoms with van der Waals surface area (Å²) in [7, 11) is 3.13. The maximum absolute atomic E-state index is 13.6. The Bertz CT molecular complexity index is 1420. The minimum atomic E-state index is -0.109. The summed E-state index contributed by atoms with van der Waals surface area (Å²) in [4.78, 5) is 31.5. The smallest absolute Gasteiger partial charge is 0.308 e. The lowest BCUT2D eigenvalue weighted by molar-refractivity contribution is 0.0372. The Hall–Kier alpha value is -1.76. The van der Waals surface area contributed by atoms with Crippen molar-refractivity contribution in [3.8, 4) is 11.5 Å². The van der Waals surface area contributed by atoms with Gasteiger partial charge in [-0.1, -0.05) is 17.4 Å². The molecule has 2 aliphatic heterocycles. The van der Waals surface area contributed by atoms with Crippen LogP contribution in [0.2, 0.25) is 0 Å². The van der Waals surface area contributed by atoms with Gasteiger partial charge in [-0.3, -0.25) is 19.1 Å². The van der Waals surface area contributed by atoms with Crippen molar-refractivity contribution >= 4 is 59.2 Å². The molecule has 2 fully saturated rings. The van der Waals surface area contributed by atoms with Gasteiger partial charge in [0, 0.05) is 32.1 Å². The van der Waals surface area contributed by atoms with E-state index >= 15 is 0 Å². The van der Waals surface area contributed by atoms with Crippen LogP contribution in [0.5, 0.6) is 11.5 Å². The molecule has 0 amide bonds. The molecule has 3 heterocycles. The second kappa shape index (κ2) is 14.8. The summed E-state index contributed by atoms with van der Waals surface area (Å²) in [6, 6.07) is 8.33. The molecule has 2 saturated heterocycles. The summed E-state index contributed by atoms with van der Waals surface area (Å²) in [5, 5.41) is 0. The van der Waals surface area contributed by atoms with Crippen LogP contribution in [-0.2, 0) is 17.7 Å². The van der Waals surface area contributed by atoms with Crippen molar-refractivity contribution in [1.29, 1.82) is 0 Å². The lowest BCUT2D eigenvalue weighted by Gasteiger charge is -2.31. The minimum absolute atomic E-state index is 0.0438. The Kier molecular flexibility index (Phi) is 11.2. The number of benzene rings is 2. The number of unbranched alkanes of at least 4 members (excludes halogenated alkanes) is 1. The van der Waals surface area contributed by atoms with E-state index < -0.39 is 0 Å². The first-order valence-corrected chi connectivity index (χ1v) is 17.1. The van der Waals surface area contributed by atoms with Crippen molar-refractivity contribution in [2.75, 3.05) is 66.7 Å². The largest absolute Gasteiger partial charge is 0.495 e. The molecule has 5 rings (SSSR count). The van der Waals surface area contributed by atoms with Crippen LogP contribution in [0.4, 0.5) is 0 Å². The quantitative estimate of drug-likeness (QED) is 0.171. The van der Waals surface area contributed by atoms with E-state index in [2.05, 4.69) is 59.9 Å². The topological polar surface area (TPSA) is 73.2 Å². The van der Waals surface area contributed by atoms with E-state index in [-0.39, 0.29) is 16.6 Å². The molecule has 0 spiro atoms. The molecule has 42 heavy (non-hydrogen) atoms. The van der Waals surface area contributed by atoms with Gasteiger partial charge in [-0.05, 0) is 107 Å². The fourth-order valence-corrected chi connectivity index (χ4v) is 8.51. The third kappa shape index (κ3) is 7.30. The molecule has 8 nitrogen and oxygen atoms in total. The van der Waals surface area contributed by atoms with Crippen molar-refractivity contribution in [2.45, 2.75) is 38.6 Å². The van der Waals surface area contributed by atoms with Crippen LogP contribution in [0.25, 0.3) is 10.2 Å². The number of nitrogens with zero attached hydrogens (tertiary/aromatic N) is 3. The Morgan fingerprint density at radius 2 is 1.60 bits per heavy atom. The molecule has 0 radical (unpaired) electrons. The number of rotatable bonds is 12. The predicted molar refractivity (Wildman–Crippen MR) is 175 cm³/mol. The van der Waals surface area contributed by atoms with Gasteiger partial charge < -0.3 is 19.1 Å². The number of aryl methyl sites for hydroxylation is 1. The van der Waals surface area contributed by atoms with Crippen molar-refractivity contribution in [1.82, 2.24) is 14.4 Å². The fourth-order valence-electron chi connectivity index (χ4n) is 6.04. The highest BCUT2D eigenvalue weighted by atomic mass is 79.9. The minimum Gasteiger partial charge on any atom is -0.495 e. The molecular weight excluding hydrogens is 686 g/mol. The zero-order chi connectivity index (χ0) is 29.6. The maximum atomic E-state index is 13.6. The number of fused-ring (bicyclic) bond motifs is 1. The summed E-state index contributed by atoms with van der Waals surface area (Å²) in [5.74, 6) is 0.939. The molecule has 228 valence electrons. The number of aromatic nitrogens is 1. The number of hydrogen-bond donors (Lipinski definition) is 0. The monoisotopic (exact) mass is 723 g/mol. The van der Waals surface area contributed by atoms with Crippen molar-refractivity contribution < 1.29 is 19.0 Å². The average Bonchev–Trinajstić information content (AvgIpc) is 3.32. The summed E-state index contributed by atoms with van der Waals surface area (Å²) in [6.07, 6.45) is 4.87. The van der Waals surface area contributed by atoms with Gasteiger partial charge in [0.15, 0.2) is 5.78 Å². The molecule has 0 N–H and O–H groups in total. The second-order valence-electron chi connectivity index (χ2n) is 11.0. The van der Waals surface area contributed by atoms with E-state index in [4.69, 9.17) is 14.2 Å². The Morgan fingerprint density at radius 1 is 0.929 bits per heavy atom. The molecule has 0 unspecified atom stereocenters. The summed E-state index contributed by atoms with van der Waals surface area (Å²) < 4.78 is 21.0. The van der Waals surface area contributed by atoms with Crippen molar-refractivity contribution in [3.05, 3.63) is 54.0 Å². The normalized spacial score (nSPS) is 17.1. The average molecular weight is 726 g/mol. The molecule has 2 aromatic carbocycles. The number of halogens is 2. The first-order chi connectivity index (χ1) is 20.4. The molecule has 0 atom stereocenters. The van der Waals surface area contributed by atoms with Crippen molar-refractivity contribution in [3.63, 3.8) is 0 Å². The summed E-state index contributed by atoms with van der Waals surface area (Å²) in [5.41, 5.74) is 2.80. The van der Waals surface area contributed by atoms with Crippen LogP contribution in [0.15, 0.2) is 38.0 Å². The number of hydrogen-bond acceptors (Lipinski definition) is 8. The van der Waals surface area contributed by atoms with E-state index in [0.717, 1.165) is 88.4 Å². The lowest BCUT2D eigenvalue weighted by Crippen LogP contribution is -2.38. The fraction of sp³-hybridized carbons (Fsp3) is 0.548. The van der Waals surface area contributed by atoms with Gasteiger partial charge in [0.1, 0.15) is 17.1 Å². The molecular formula is C31H39Br2N3O5S. The zero-order valence-electron chi connectivity index (χ0n) is 24.3. The third-order valence-corrected chi connectivity index (χ3v) is 10.5. The van der Waals surface area contributed by atoms with Crippen LogP contribution in [0.3, 0.4) is 0 Å². The zero-order valence-corrected chi connectivity index (χ0v) is 28.3. The highest BCUT2D eigenvalue weighted by Crippen LogP contribution is 2.43. The number of piperidine rings is 1. The molecule has 0 aliphatic carbocycles. The molecule has 1 aromatic heterocycles.